The molecule has 2 rings (SSSR count). The molecule has 102 valence electrons. The van der Waals surface area contributed by atoms with Crippen LogP contribution in [0.3, 0.4) is 0 Å². The lowest BCUT2D eigenvalue weighted by Crippen LogP contribution is -2.10. The molecule has 7 nitrogen and oxygen atoms in total. The van der Waals surface area contributed by atoms with Crippen molar-refractivity contribution < 1.29 is 4.52 Å². The van der Waals surface area contributed by atoms with Gasteiger partial charge in [0.25, 0.3) is 0 Å². The van der Waals surface area contributed by atoms with Gasteiger partial charge in [0.05, 0.1) is 6.54 Å². The van der Waals surface area contributed by atoms with Gasteiger partial charge in [-0.2, -0.15) is 4.98 Å². The summed E-state index contributed by atoms with van der Waals surface area (Å²) < 4.78 is 5.04. The SMILES string of the molecule is Cc1noc(CNc2nc(C(C)C)nc(N)c2C)n1. The lowest BCUT2D eigenvalue weighted by atomic mass is 10.2. The fourth-order valence-corrected chi connectivity index (χ4v) is 1.55. The van der Waals surface area contributed by atoms with E-state index in [0.29, 0.717) is 35.7 Å². The van der Waals surface area contributed by atoms with Gasteiger partial charge in [-0.3, -0.25) is 0 Å². The van der Waals surface area contributed by atoms with Gasteiger partial charge >= 0.3 is 0 Å². The van der Waals surface area contributed by atoms with E-state index in [1.807, 2.05) is 20.8 Å². The van der Waals surface area contributed by atoms with Gasteiger partial charge in [0.2, 0.25) is 5.89 Å². The highest BCUT2D eigenvalue weighted by molar-refractivity contribution is 5.54. The highest BCUT2D eigenvalue weighted by atomic mass is 16.5. The zero-order chi connectivity index (χ0) is 14.0. The molecule has 2 aromatic rings. The number of anilines is 2. The number of nitrogen functional groups attached to an aromatic ring is 1. The molecular formula is C12H18N6O. The predicted molar refractivity (Wildman–Crippen MR) is 71.6 cm³/mol. The van der Waals surface area contributed by atoms with Crippen LogP contribution in [-0.2, 0) is 6.54 Å². The molecule has 7 heteroatoms. The van der Waals surface area contributed by atoms with E-state index in [2.05, 4.69) is 25.4 Å². The van der Waals surface area contributed by atoms with Crippen LogP contribution in [0.2, 0.25) is 0 Å². The first-order chi connectivity index (χ1) is 8.97. The summed E-state index contributed by atoms with van der Waals surface area (Å²) in [5.74, 6) is 3.25. The number of hydrogen-bond acceptors (Lipinski definition) is 7. The van der Waals surface area contributed by atoms with Crippen LogP contribution in [0.5, 0.6) is 0 Å². The van der Waals surface area contributed by atoms with Crippen molar-refractivity contribution in [2.45, 2.75) is 40.2 Å². The lowest BCUT2D eigenvalue weighted by Gasteiger charge is -2.12. The Morgan fingerprint density at radius 1 is 1.21 bits per heavy atom. The van der Waals surface area contributed by atoms with E-state index < -0.39 is 0 Å². The number of rotatable bonds is 4. The molecule has 3 N–H and O–H groups in total. The summed E-state index contributed by atoms with van der Waals surface area (Å²) in [7, 11) is 0. The van der Waals surface area contributed by atoms with Crippen LogP contribution >= 0.6 is 0 Å². The number of aryl methyl sites for hydroxylation is 1. The van der Waals surface area contributed by atoms with Crippen molar-refractivity contribution in [1.29, 1.82) is 0 Å². The summed E-state index contributed by atoms with van der Waals surface area (Å²) in [5.41, 5.74) is 6.71. The van der Waals surface area contributed by atoms with Gasteiger partial charge in [-0.25, -0.2) is 9.97 Å². The van der Waals surface area contributed by atoms with Crippen molar-refractivity contribution >= 4 is 11.6 Å². The van der Waals surface area contributed by atoms with Gasteiger partial charge in [0.15, 0.2) is 5.82 Å². The highest BCUT2D eigenvalue weighted by Gasteiger charge is 2.12. The Hall–Kier alpha value is -2.18. The minimum Gasteiger partial charge on any atom is -0.383 e. The molecular weight excluding hydrogens is 244 g/mol. The van der Waals surface area contributed by atoms with Gasteiger partial charge in [0, 0.05) is 11.5 Å². The van der Waals surface area contributed by atoms with E-state index >= 15 is 0 Å². The standard InChI is InChI=1S/C12H18N6O/c1-6(2)11-16-10(13)7(3)12(17-11)14-5-9-15-8(4)18-19-9/h6H,5H2,1-4H3,(H3,13,14,16,17). The van der Waals surface area contributed by atoms with Gasteiger partial charge in [0.1, 0.15) is 17.5 Å². The summed E-state index contributed by atoms with van der Waals surface area (Å²) in [6, 6.07) is 0. The molecule has 0 aliphatic carbocycles. The van der Waals surface area contributed by atoms with E-state index in [1.54, 1.807) is 6.92 Å². The largest absolute Gasteiger partial charge is 0.383 e. The maximum atomic E-state index is 5.89. The third kappa shape index (κ3) is 2.98. The molecule has 0 aromatic carbocycles. The minimum atomic E-state index is 0.217. The van der Waals surface area contributed by atoms with Crippen molar-refractivity contribution in [1.82, 2.24) is 20.1 Å². The Morgan fingerprint density at radius 2 is 1.95 bits per heavy atom. The van der Waals surface area contributed by atoms with Crippen molar-refractivity contribution in [2.75, 3.05) is 11.1 Å². The second-order valence-electron chi connectivity index (χ2n) is 4.68. The monoisotopic (exact) mass is 262 g/mol. The third-order valence-electron chi connectivity index (χ3n) is 2.69. The summed E-state index contributed by atoms with van der Waals surface area (Å²) in [4.78, 5) is 12.9. The molecule has 0 bridgehead atoms. The average Bonchev–Trinajstić information content (AvgIpc) is 2.76. The summed E-state index contributed by atoms with van der Waals surface area (Å²) in [6.45, 7) is 8.11. The van der Waals surface area contributed by atoms with Crippen LogP contribution in [0.15, 0.2) is 4.52 Å². The zero-order valence-corrected chi connectivity index (χ0v) is 11.6. The van der Waals surface area contributed by atoms with Crippen molar-refractivity contribution in [3.63, 3.8) is 0 Å². The smallest absolute Gasteiger partial charge is 0.245 e. The second kappa shape index (κ2) is 5.21. The third-order valence-corrected chi connectivity index (χ3v) is 2.69. The fourth-order valence-electron chi connectivity index (χ4n) is 1.55. The van der Waals surface area contributed by atoms with Crippen LogP contribution in [-0.4, -0.2) is 20.1 Å². The molecule has 0 atom stereocenters. The molecule has 0 saturated heterocycles. The summed E-state index contributed by atoms with van der Waals surface area (Å²) in [5, 5.41) is 6.88. The molecule has 0 aliphatic rings. The Bertz CT molecular complexity index is 578. The normalized spacial score (nSPS) is 11.0. The number of nitrogens with one attached hydrogen (secondary N) is 1. The zero-order valence-electron chi connectivity index (χ0n) is 11.6. The highest BCUT2D eigenvalue weighted by Crippen LogP contribution is 2.21. The van der Waals surface area contributed by atoms with E-state index in [-0.39, 0.29) is 5.92 Å². The maximum Gasteiger partial charge on any atom is 0.245 e. The summed E-state index contributed by atoms with van der Waals surface area (Å²) in [6.07, 6.45) is 0. The van der Waals surface area contributed by atoms with E-state index in [1.165, 1.54) is 0 Å². The van der Waals surface area contributed by atoms with Crippen LogP contribution in [0.4, 0.5) is 11.6 Å². The fraction of sp³-hybridized carbons (Fsp3) is 0.500. The first-order valence-electron chi connectivity index (χ1n) is 6.14. The summed E-state index contributed by atoms with van der Waals surface area (Å²) >= 11 is 0. The van der Waals surface area contributed by atoms with Crippen LogP contribution in [0.25, 0.3) is 0 Å². The molecule has 2 heterocycles. The molecule has 0 radical (unpaired) electrons. The molecule has 2 aromatic heterocycles. The van der Waals surface area contributed by atoms with E-state index in [9.17, 15) is 0 Å². The Morgan fingerprint density at radius 3 is 2.53 bits per heavy atom. The molecule has 19 heavy (non-hydrogen) atoms. The van der Waals surface area contributed by atoms with Crippen molar-refractivity contribution in [3.05, 3.63) is 23.1 Å². The Kier molecular flexibility index (Phi) is 3.64. The van der Waals surface area contributed by atoms with Crippen LogP contribution in [0.1, 0.15) is 42.9 Å². The van der Waals surface area contributed by atoms with Crippen molar-refractivity contribution in [2.24, 2.45) is 0 Å². The number of aromatic nitrogens is 4. The molecule has 0 fully saturated rings. The topological polar surface area (TPSA) is 103 Å². The number of nitrogens with two attached hydrogens (primary N) is 1. The van der Waals surface area contributed by atoms with Gasteiger partial charge in [-0.05, 0) is 13.8 Å². The van der Waals surface area contributed by atoms with Crippen LogP contribution < -0.4 is 11.1 Å². The quantitative estimate of drug-likeness (QED) is 0.865. The molecule has 0 spiro atoms. The van der Waals surface area contributed by atoms with Gasteiger partial charge < -0.3 is 15.6 Å². The maximum absolute atomic E-state index is 5.89. The second-order valence-corrected chi connectivity index (χ2v) is 4.68. The average molecular weight is 262 g/mol. The molecule has 0 saturated carbocycles. The predicted octanol–water partition coefficient (Wildman–Crippen LogP) is 1.79. The lowest BCUT2D eigenvalue weighted by molar-refractivity contribution is 0.379. The Labute approximate surface area is 111 Å². The first-order valence-corrected chi connectivity index (χ1v) is 6.14. The van der Waals surface area contributed by atoms with Gasteiger partial charge in [-0.1, -0.05) is 19.0 Å². The molecule has 0 unspecified atom stereocenters. The van der Waals surface area contributed by atoms with E-state index in [4.69, 9.17) is 10.3 Å². The van der Waals surface area contributed by atoms with E-state index in [0.717, 1.165) is 5.56 Å². The number of nitrogens with zero attached hydrogens (tertiary/aromatic N) is 4. The Balaban J connectivity index is 2.19. The van der Waals surface area contributed by atoms with Crippen molar-refractivity contribution in [3.8, 4) is 0 Å². The molecule has 0 aliphatic heterocycles. The molecule has 0 amide bonds. The van der Waals surface area contributed by atoms with Crippen LogP contribution in [0, 0.1) is 13.8 Å². The number of hydrogen-bond donors (Lipinski definition) is 2. The first kappa shape index (κ1) is 13.3. The van der Waals surface area contributed by atoms with Gasteiger partial charge in [-0.15, -0.1) is 0 Å². The minimum absolute atomic E-state index is 0.217.